The molecule has 2 aliphatic heterocycles. The van der Waals surface area contributed by atoms with Gasteiger partial charge in [-0.15, -0.1) is 0 Å². The Kier molecular flexibility index (Phi) is 10.8. The van der Waals surface area contributed by atoms with Gasteiger partial charge in [-0.3, -0.25) is 19.1 Å². The number of rotatable bonds is 11. The molecule has 3 heterocycles. The smallest absolute Gasteiger partial charge is 0.270 e. The average molecular weight is 543 g/mol. The molecule has 1 amide bonds. The van der Waals surface area contributed by atoms with Crippen molar-refractivity contribution in [3.05, 3.63) is 31.9 Å². The standard InChI is InChI=1S/C29H42N4O2S2/c1-6-8-10-11-12-14-33-28(35)25(37-29(33)36)16-23-22(5)24(17-30)27(34)32(13-9-7-2)26(23)31-18-20(3)15-21(4)19-31/h16,20-21H,6-15,18-19H2,1-5H3/b25-16+. The molecular formula is C29H42N4O2S2. The minimum absolute atomic E-state index is 0.0685. The van der Waals surface area contributed by atoms with Crippen molar-refractivity contribution in [2.75, 3.05) is 24.5 Å². The number of nitriles is 1. The van der Waals surface area contributed by atoms with Crippen molar-refractivity contribution in [1.29, 1.82) is 5.26 Å². The van der Waals surface area contributed by atoms with Gasteiger partial charge in [0.2, 0.25) is 0 Å². The predicted octanol–water partition coefficient (Wildman–Crippen LogP) is 6.48. The molecule has 202 valence electrons. The molecule has 6 nitrogen and oxygen atoms in total. The van der Waals surface area contributed by atoms with Crippen LogP contribution in [0.15, 0.2) is 9.70 Å². The van der Waals surface area contributed by atoms with E-state index in [0.717, 1.165) is 56.6 Å². The summed E-state index contributed by atoms with van der Waals surface area (Å²) in [6, 6.07) is 2.16. The summed E-state index contributed by atoms with van der Waals surface area (Å²) in [5.74, 6) is 1.76. The Morgan fingerprint density at radius 1 is 1.03 bits per heavy atom. The lowest BCUT2D eigenvalue weighted by molar-refractivity contribution is -0.122. The summed E-state index contributed by atoms with van der Waals surface area (Å²) >= 11 is 6.93. The molecule has 2 unspecified atom stereocenters. The van der Waals surface area contributed by atoms with Crippen LogP contribution in [-0.4, -0.2) is 39.3 Å². The monoisotopic (exact) mass is 542 g/mol. The summed E-state index contributed by atoms with van der Waals surface area (Å²) in [4.78, 5) is 31.5. The molecule has 2 fully saturated rings. The Labute approximate surface area is 232 Å². The molecule has 2 aliphatic rings. The molecule has 0 N–H and O–H groups in total. The highest BCUT2D eigenvalue weighted by atomic mass is 32.2. The maximum absolute atomic E-state index is 13.5. The molecule has 3 rings (SSSR count). The van der Waals surface area contributed by atoms with Gasteiger partial charge >= 0.3 is 0 Å². The molecule has 8 heteroatoms. The van der Waals surface area contributed by atoms with Crippen LogP contribution in [0, 0.1) is 30.1 Å². The van der Waals surface area contributed by atoms with E-state index in [4.69, 9.17) is 12.2 Å². The van der Waals surface area contributed by atoms with E-state index in [0.29, 0.717) is 39.7 Å². The number of aromatic nitrogens is 1. The number of anilines is 1. The minimum Gasteiger partial charge on any atom is -0.357 e. The first-order chi connectivity index (χ1) is 17.7. The topological polar surface area (TPSA) is 69.3 Å². The highest BCUT2D eigenvalue weighted by molar-refractivity contribution is 8.26. The Balaban J connectivity index is 2.07. The molecule has 0 aromatic carbocycles. The van der Waals surface area contributed by atoms with E-state index in [1.165, 1.54) is 31.0 Å². The predicted molar refractivity (Wildman–Crippen MR) is 159 cm³/mol. The van der Waals surface area contributed by atoms with E-state index >= 15 is 0 Å². The summed E-state index contributed by atoms with van der Waals surface area (Å²) in [5.41, 5.74) is 1.38. The number of amides is 1. The number of carbonyl (C=O) groups is 1. The highest BCUT2D eigenvalue weighted by Crippen LogP contribution is 2.37. The van der Waals surface area contributed by atoms with E-state index in [1.54, 1.807) is 9.47 Å². The van der Waals surface area contributed by atoms with Crippen molar-refractivity contribution in [3.8, 4) is 6.07 Å². The number of unbranched alkanes of at least 4 members (excludes halogenated alkanes) is 5. The van der Waals surface area contributed by atoms with Crippen LogP contribution in [0.3, 0.4) is 0 Å². The fourth-order valence-electron chi connectivity index (χ4n) is 5.54. The van der Waals surface area contributed by atoms with Gasteiger partial charge in [-0.2, -0.15) is 5.26 Å². The van der Waals surface area contributed by atoms with Crippen molar-refractivity contribution in [1.82, 2.24) is 9.47 Å². The first-order valence-electron chi connectivity index (χ1n) is 13.9. The van der Waals surface area contributed by atoms with Crippen LogP contribution in [-0.2, 0) is 11.3 Å². The molecule has 2 saturated heterocycles. The number of thiocarbonyl (C=S) groups is 1. The van der Waals surface area contributed by atoms with Crippen LogP contribution in [0.1, 0.15) is 95.8 Å². The lowest BCUT2D eigenvalue weighted by atomic mass is 9.91. The van der Waals surface area contributed by atoms with Gasteiger partial charge in [0.25, 0.3) is 11.5 Å². The summed E-state index contributed by atoms with van der Waals surface area (Å²) in [7, 11) is 0. The summed E-state index contributed by atoms with van der Waals surface area (Å²) in [6.45, 7) is 13.5. The lowest BCUT2D eigenvalue weighted by Crippen LogP contribution is -2.43. The van der Waals surface area contributed by atoms with Crippen LogP contribution < -0.4 is 10.5 Å². The van der Waals surface area contributed by atoms with Gasteiger partial charge in [0.1, 0.15) is 21.8 Å². The maximum atomic E-state index is 13.5. The summed E-state index contributed by atoms with van der Waals surface area (Å²) in [5, 5.41) is 9.92. The number of pyridine rings is 1. The third kappa shape index (κ3) is 6.86. The van der Waals surface area contributed by atoms with E-state index in [-0.39, 0.29) is 17.0 Å². The number of nitrogens with zero attached hydrogens (tertiary/aromatic N) is 4. The van der Waals surface area contributed by atoms with Crippen LogP contribution in [0.5, 0.6) is 0 Å². The number of thioether (sulfide) groups is 1. The first-order valence-corrected chi connectivity index (χ1v) is 15.1. The van der Waals surface area contributed by atoms with Gasteiger partial charge in [0.05, 0.1) is 4.91 Å². The van der Waals surface area contributed by atoms with Gasteiger partial charge in [0.15, 0.2) is 0 Å². The number of hydrogen-bond donors (Lipinski definition) is 0. The second-order valence-corrected chi connectivity index (χ2v) is 12.4. The van der Waals surface area contributed by atoms with Crippen LogP contribution in [0.25, 0.3) is 6.08 Å². The van der Waals surface area contributed by atoms with Gasteiger partial charge in [-0.25, -0.2) is 0 Å². The van der Waals surface area contributed by atoms with Crippen LogP contribution in [0.4, 0.5) is 5.82 Å². The third-order valence-electron chi connectivity index (χ3n) is 7.38. The van der Waals surface area contributed by atoms with Crippen molar-refractivity contribution < 1.29 is 4.79 Å². The zero-order chi connectivity index (χ0) is 27.1. The Hall–Kier alpha value is -2.11. The van der Waals surface area contributed by atoms with Crippen LogP contribution in [0.2, 0.25) is 0 Å². The first kappa shape index (κ1) is 29.4. The quantitative estimate of drug-likeness (QED) is 0.181. The summed E-state index contributed by atoms with van der Waals surface area (Å²) < 4.78 is 2.38. The van der Waals surface area contributed by atoms with Crippen LogP contribution >= 0.6 is 24.0 Å². The largest absolute Gasteiger partial charge is 0.357 e. The lowest BCUT2D eigenvalue weighted by Gasteiger charge is -2.39. The normalized spacial score (nSPS) is 21.2. The minimum atomic E-state index is -0.230. The number of hydrogen-bond acceptors (Lipinski definition) is 6. The SMILES string of the molecule is CCCCCCCN1C(=O)/C(=C\c2c(C)c(C#N)c(=O)n(CCCC)c2N2CC(C)CC(C)C2)SC1=S. The maximum Gasteiger partial charge on any atom is 0.270 e. The van der Waals surface area contributed by atoms with E-state index in [9.17, 15) is 14.9 Å². The van der Waals surface area contributed by atoms with Gasteiger partial charge in [0, 0.05) is 31.7 Å². The van der Waals surface area contributed by atoms with Crippen molar-refractivity contribution >= 4 is 46.1 Å². The number of carbonyl (C=O) groups excluding carboxylic acids is 1. The average Bonchev–Trinajstić information content (AvgIpc) is 3.11. The second kappa shape index (κ2) is 13.6. The molecule has 0 bridgehead atoms. The highest BCUT2D eigenvalue weighted by Gasteiger charge is 2.34. The van der Waals surface area contributed by atoms with Gasteiger partial charge in [-0.05, 0) is 49.7 Å². The molecule has 0 saturated carbocycles. The molecule has 1 aromatic heterocycles. The summed E-state index contributed by atoms with van der Waals surface area (Å²) in [6.07, 6.45) is 10.4. The Morgan fingerprint density at radius 3 is 2.30 bits per heavy atom. The molecule has 2 atom stereocenters. The molecule has 0 spiro atoms. The van der Waals surface area contributed by atoms with E-state index < -0.39 is 0 Å². The molecule has 1 aromatic rings. The Morgan fingerprint density at radius 2 is 1.68 bits per heavy atom. The fourth-order valence-corrected chi connectivity index (χ4v) is 6.83. The van der Waals surface area contributed by atoms with Crippen molar-refractivity contribution in [3.63, 3.8) is 0 Å². The fraction of sp³-hybridized carbons (Fsp3) is 0.655. The molecule has 0 radical (unpaired) electrons. The Bertz CT molecular complexity index is 1120. The molecule has 37 heavy (non-hydrogen) atoms. The van der Waals surface area contributed by atoms with E-state index in [2.05, 4.69) is 38.7 Å². The molecule has 0 aliphatic carbocycles. The van der Waals surface area contributed by atoms with Crippen molar-refractivity contribution in [2.45, 2.75) is 92.5 Å². The zero-order valence-electron chi connectivity index (χ0n) is 23.1. The van der Waals surface area contributed by atoms with Gasteiger partial charge in [-0.1, -0.05) is 83.8 Å². The molecular weight excluding hydrogens is 500 g/mol. The third-order valence-corrected chi connectivity index (χ3v) is 8.76. The van der Waals surface area contributed by atoms with Gasteiger partial charge < -0.3 is 4.90 Å². The van der Waals surface area contributed by atoms with Crippen molar-refractivity contribution in [2.24, 2.45) is 11.8 Å². The number of piperidine rings is 1. The second-order valence-electron chi connectivity index (χ2n) is 10.8. The zero-order valence-corrected chi connectivity index (χ0v) is 24.8. The van der Waals surface area contributed by atoms with E-state index in [1.807, 2.05) is 13.0 Å².